The molecular formula is C17H33N3O. The first-order chi connectivity index (χ1) is 9.92. The van der Waals surface area contributed by atoms with E-state index in [-0.39, 0.29) is 11.4 Å². The summed E-state index contributed by atoms with van der Waals surface area (Å²) >= 11 is 0. The molecule has 1 atom stereocenters. The molecule has 0 aromatic heterocycles. The molecule has 0 aromatic rings. The highest BCUT2D eigenvalue weighted by atomic mass is 16.2. The van der Waals surface area contributed by atoms with E-state index in [0.29, 0.717) is 18.5 Å². The zero-order valence-corrected chi connectivity index (χ0v) is 14.1. The molecule has 122 valence electrons. The third-order valence-corrected chi connectivity index (χ3v) is 4.61. The Hall–Kier alpha value is -0.610. The van der Waals surface area contributed by atoms with Crippen molar-refractivity contribution in [1.29, 1.82) is 0 Å². The Labute approximate surface area is 130 Å². The highest BCUT2D eigenvalue weighted by Gasteiger charge is 2.24. The van der Waals surface area contributed by atoms with E-state index in [1.54, 1.807) is 0 Å². The molecule has 0 bridgehead atoms. The molecule has 1 unspecified atom stereocenters. The van der Waals surface area contributed by atoms with Crippen LogP contribution in [0.5, 0.6) is 0 Å². The van der Waals surface area contributed by atoms with Crippen LogP contribution in [0.4, 0.5) is 0 Å². The van der Waals surface area contributed by atoms with Crippen LogP contribution in [0.25, 0.3) is 0 Å². The fourth-order valence-electron chi connectivity index (χ4n) is 3.46. The van der Waals surface area contributed by atoms with E-state index in [1.807, 2.05) is 0 Å². The predicted octanol–water partition coefficient (Wildman–Crippen LogP) is 2.15. The third-order valence-electron chi connectivity index (χ3n) is 4.61. The molecular weight excluding hydrogens is 262 g/mol. The maximum absolute atomic E-state index is 12.1. The van der Waals surface area contributed by atoms with Crippen LogP contribution in [0.2, 0.25) is 0 Å². The van der Waals surface area contributed by atoms with Crippen molar-refractivity contribution in [3.05, 3.63) is 0 Å². The number of hydrogen-bond acceptors (Lipinski definition) is 3. The number of nitrogens with zero attached hydrogens (tertiary/aromatic N) is 1. The number of likely N-dealkylation sites (tertiary alicyclic amines) is 1. The number of hydrogen-bond donors (Lipinski definition) is 2. The van der Waals surface area contributed by atoms with Gasteiger partial charge in [0.1, 0.15) is 0 Å². The molecule has 2 fully saturated rings. The fraction of sp³-hybridized carbons (Fsp3) is 0.941. The maximum atomic E-state index is 12.1. The van der Waals surface area contributed by atoms with Gasteiger partial charge >= 0.3 is 0 Å². The van der Waals surface area contributed by atoms with E-state index in [0.717, 1.165) is 19.6 Å². The molecule has 1 saturated heterocycles. The van der Waals surface area contributed by atoms with Crippen LogP contribution >= 0.6 is 0 Å². The minimum absolute atomic E-state index is 0.183. The van der Waals surface area contributed by atoms with Crippen molar-refractivity contribution in [2.24, 2.45) is 5.92 Å². The molecule has 4 nitrogen and oxygen atoms in total. The first-order valence-corrected chi connectivity index (χ1v) is 8.69. The summed E-state index contributed by atoms with van der Waals surface area (Å²) in [4.78, 5) is 14.5. The summed E-state index contributed by atoms with van der Waals surface area (Å²) < 4.78 is 0. The lowest BCUT2D eigenvalue weighted by molar-refractivity contribution is -0.123. The standard InChI is InChI=1S/C17H33N3O/c1-17(2,3)18-11-14-7-6-10-20(12-14)13-16(21)19-15-8-4-5-9-15/h14-15,18H,4-13H2,1-3H3,(H,19,21). The second kappa shape index (κ2) is 7.59. The van der Waals surface area contributed by atoms with Crippen molar-refractivity contribution >= 4 is 5.91 Å². The average Bonchev–Trinajstić information content (AvgIpc) is 2.88. The van der Waals surface area contributed by atoms with Crippen molar-refractivity contribution in [2.75, 3.05) is 26.2 Å². The smallest absolute Gasteiger partial charge is 0.234 e. The Balaban J connectivity index is 1.69. The van der Waals surface area contributed by atoms with Gasteiger partial charge in [-0.3, -0.25) is 9.69 Å². The summed E-state index contributed by atoms with van der Waals surface area (Å²) in [5.74, 6) is 0.906. The van der Waals surface area contributed by atoms with Gasteiger partial charge in [-0.1, -0.05) is 12.8 Å². The van der Waals surface area contributed by atoms with Gasteiger partial charge in [0, 0.05) is 18.1 Å². The second-order valence-corrected chi connectivity index (χ2v) is 7.92. The molecule has 0 aromatic carbocycles. The van der Waals surface area contributed by atoms with Gasteiger partial charge in [-0.15, -0.1) is 0 Å². The van der Waals surface area contributed by atoms with E-state index in [2.05, 4.69) is 36.3 Å². The second-order valence-electron chi connectivity index (χ2n) is 7.92. The highest BCUT2D eigenvalue weighted by Crippen LogP contribution is 2.18. The number of rotatable bonds is 5. The van der Waals surface area contributed by atoms with Crippen molar-refractivity contribution in [3.8, 4) is 0 Å². The van der Waals surface area contributed by atoms with Crippen molar-refractivity contribution in [2.45, 2.75) is 70.9 Å². The van der Waals surface area contributed by atoms with Crippen LogP contribution in [-0.4, -0.2) is 48.6 Å². The quantitative estimate of drug-likeness (QED) is 0.817. The number of carbonyl (C=O) groups is 1. The van der Waals surface area contributed by atoms with Gasteiger partial charge in [0.2, 0.25) is 5.91 Å². The van der Waals surface area contributed by atoms with Crippen LogP contribution in [0.3, 0.4) is 0 Å². The Morgan fingerprint density at radius 3 is 2.52 bits per heavy atom. The Kier molecular flexibility index (Phi) is 6.06. The summed E-state index contributed by atoms with van der Waals surface area (Å²) in [6, 6.07) is 0.445. The van der Waals surface area contributed by atoms with E-state index >= 15 is 0 Å². The fourth-order valence-corrected chi connectivity index (χ4v) is 3.46. The van der Waals surface area contributed by atoms with E-state index in [1.165, 1.54) is 38.5 Å². The average molecular weight is 295 g/mol. The molecule has 1 amide bonds. The van der Waals surface area contributed by atoms with Crippen molar-refractivity contribution in [1.82, 2.24) is 15.5 Å². The number of amides is 1. The molecule has 2 N–H and O–H groups in total. The van der Waals surface area contributed by atoms with E-state index in [9.17, 15) is 4.79 Å². The Morgan fingerprint density at radius 1 is 1.14 bits per heavy atom. The minimum atomic E-state index is 0.183. The first kappa shape index (κ1) is 16.8. The maximum Gasteiger partial charge on any atom is 0.234 e. The zero-order valence-electron chi connectivity index (χ0n) is 14.1. The van der Waals surface area contributed by atoms with Gasteiger partial charge in [-0.25, -0.2) is 0 Å². The van der Waals surface area contributed by atoms with Crippen LogP contribution in [0.1, 0.15) is 59.3 Å². The Bertz CT molecular complexity index is 331. The summed E-state index contributed by atoms with van der Waals surface area (Å²) in [7, 11) is 0. The largest absolute Gasteiger partial charge is 0.352 e. The van der Waals surface area contributed by atoms with E-state index in [4.69, 9.17) is 0 Å². The molecule has 1 saturated carbocycles. The normalized spacial score (nSPS) is 25.2. The lowest BCUT2D eigenvalue weighted by atomic mass is 9.96. The molecule has 2 rings (SSSR count). The molecule has 1 heterocycles. The number of nitrogens with one attached hydrogen (secondary N) is 2. The minimum Gasteiger partial charge on any atom is -0.352 e. The van der Waals surface area contributed by atoms with Crippen LogP contribution in [0, 0.1) is 5.92 Å². The van der Waals surface area contributed by atoms with Gasteiger partial charge in [-0.2, -0.15) is 0 Å². The van der Waals surface area contributed by atoms with Gasteiger partial charge in [0.05, 0.1) is 6.54 Å². The molecule has 2 aliphatic rings. The van der Waals surface area contributed by atoms with E-state index < -0.39 is 0 Å². The van der Waals surface area contributed by atoms with Crippen LogP contribution in [0.15, 0.2) is 0 Å². The van der Waals surface area contributed by atoms with Crippen molar-refractivity contribution in [3.63, 3.8) is 0 Å². The summed E-state index contributed by atoms with van der Waals surface area (Å²) in [5, 5.41) is 6.80. The summed E-state index contributed by atoms with van der Waals surface area (Å²) in [6.07, 6.45) is 7.38. The predicted molar refractivity (Wildman–Crippen MR) is 87.3 cm³/mol. The number of carbonyl (C=O) groups excluding carboxylic acids is 1. The zero-order chi connectivity index (χ0) is 15.3. The van der Waals surface area contributed by atoms with Crippen LogP contribution in [-0.2, 0) is 4.79 Å². The number of piperidine rings is 1. The third kappa shape index (κ3) is 6.35. The topological polar surface area (TPSA) is 44.4 Å². The first-order valence-electron chi connectivity index (χ1n) is 8.69. The molecule has 4 heteroatoms. The monoisotopic (exact) mass is 295 g/mol. The summed E-state index contributed by atoms with van der Waals surface area (Å²) in [5.41, 5.74) is 0.183. The molecule has 0 radical (unpaired) electrons. The summed E-state index contributed by atoms with van der Waals surface area (Å²) in [6.45, 7) is 10.4. The molecule has 1 aliphatic carbocycles. The van der Waals surface area contributed by atoms with Crippen LogP contribution < -0.4 is 10.6 Å². The van der Waals surface area contributed by atoms with Gasteiger partial charge < -0.3 is 10.6 Å². The Morgan fingerprint density at radius 2 is 1.86 bits per heavy atom. The lowest BCUT2D eigenvalue weighted by Crippen LogP contribution is -2.48. The SMILES string of the molecule is CC(C)(C)NCC1CCCN(CC(=O)NC2CCCC2)C1. The molecule has 1 aliphatic heterocycles. The lowest BCUT2D eigenvalue weighted by Gasteiger charge is -2.34. The molecule has 0 spiro atoms. The molecule has 21 heavy (non-hydrogen) atoms. The van der Waals surface area contributed by atoms with Gasteiger partial charge in [-0.05, 0) is 65.5 Å². The highest BCUT2D eigenvalue weighted by molar-refractivity contribution is 5.78. The van der Waals surface area contributed by atoms with Crippen molar-refractivity contribution < 1.29 is 4.79 Å². The van der Waals surface area contributed by atoms with Gasteiger partial charge in [0.25, 0.3) is 0 Å². The van der Waals surface area contributed by atoms with Gasteiger partial charge in [0.15, 0.2) is 0 Å².